The summed E-state index contributed by atoms with van der Waals surface area (Å²) in [6, 6.07) is 9.91. The Morgan fingerprint density at radius 1 is 1.06 bits per heavy atom. The van der Waals surface area contributed by atoms with Crippen LogP contribution in [0.15, 0.2) is 46.5 Å². The molecular weight excluding hydrogens is 248 g/mol. The average molecular weight is 258 g/mol. The van der Waals surface area contributed by atoms with Crippen LogP contribution in [-0.4, -0.2) is 4.98 Å². The third-order valence-electron chi connectivity index (χ3n) is 2.45. The van der Waals surface area contributed by atoms with Gasteiger partial charge < -0.3 is 5.73 Å². The molecule has 0 aliphatic rings. The van der Waals surface area contributed by atoms with E-state index in [0.29, 0.717) is 0 Å². The Morgan fingerprint density at radius 2 is 2.00 bits per heavy atom. The highest BCUT2D eigenvalue weighted by molar-refractivity contribution is 7.14. The Bertz CT molecular complexity index is 626. The highest BCUT2D eigenvalue weighted by atomic mass is 32.1. The quantitative estimate of drug-likeness (QED) is 0.702. The number of hydrogen-bond acceptors (Lipinski definition) is 4. The molecule has 0 atom stereocenters. The first-order valence-electron chi connectivity index (χ1n) is 5.17. The Labute approximate surface area is 107 Å². The fraction of sp³-hybridized carbons (Fsp3) is 0. The summed E-state index contributed by atoms with van der Waals surface area (Å²) in [5, 5.41) is 7.31. The number of nitrogens with two attached hydrogens (primary N) is 1. The molecule has 2 aromatic heterocycles. The lowest BCUT2D eigenvalue weighted by atomic mass is 10.1. The van der Waals surface area contributed by atoms with E-state index in [1.54, 1.807) is 22.7 Å². The molecule has 1 aromatic carbocycles. The van der Waals surface area contributed by atoms with Crippen molar-refractivity contribution < 1.29 is 0 Å². The minimum Gasteiger partial charge on any atom is -0.399 e. The number of benzene rings is 1. The van der Waals surface area contributed by atoms with E-state index in [0.717, 1.165) is 22.0 Å². The van der Waals surface area contributed by atoms with Gasteiger partial charge in [0.2, 0.25) is 0 Å². The topological polar surface area (TPSA) is 38.9 Å². The zero-order valence-corrected chi connectivity index (χ0v) is 10.6. The lowest BCUT2D eigenvalue weighted by Gasteiger charge is -1.97. The summed E-state index contributed by atoms with van der Waals surface area (Å²) in [5.74, 6) is 0. The van der Waals surface area contributed by atoms with Crippen molar-refractivity contribution in [1.29, 1.82) is 0 Å². The van der Waals surface area contributed by atoms with Crippen molar-refractivity contribution >= 4 is 28.4 Å². The van der Waals surface area contributed by atoms with Gasteiger partial charge in [-0.05, 0) is 23.6 Å². The molecule has 2 heterocycles. The van der Waals surface area contributed by atoms with Gasteiger partial charge in [-0.2, -0.15) is 11.3 Å². The number of anilines is 1. The lowest BCUT2D eigenvalue weighted by molar-refractivity contribution is 1.41. The number of rotatable bonds is 2. The minimum absolute atomic E-state index is 0.771. The molecule has 2 nitrogen and oxygen atoms in total. The van der Waals surface area contributed by atoms with Crippen molar-refractivity contribution in [1.82, 2.24) is 4.98 Å². The van der Waals surface area contributed by atoms with E-state index >= 15 is 0 Å². The second-order valence-electron chi connectivity index (χ2n) is 3.68. The largest absolute Gasteiger partial charge is 0.399 e. The van der Waals surface area contributed by atoms with Crippen LogP contribution in [0.4, 0.5) is 5.69 Å². The van der Waals surface area contributed by atoms with Crippen LogP contribution in [0.2, 0.25) is 0 Å². The maximum Gasteiger partial charge on any atom is 0.124 e. The monoisotopic (exact) mass is 258 g/mol. The van der Waals surface area contributed by atoms with Crippen LogP contribution in [0.25, 0.3) is 21.8 Å². The Balaban J connectivity index is 2.01. The summed E-state index contributed by atoms with van der Waals surface area (Å²) in [5.41, 5.74) is 9.80. The summed E-state index contributed by atoms with van der Waals surface area (Å²) in [6.07, 6.45) is 0. The zero-order chi connectivity index (χ0) is 11.7. The maximum absolute atomic E-state index is 5.77. The predicted molar refractivity (Wildman–Crippen MR) is 75.3 cm³/mol. The third kappa shape index (κ3) is 2.09. The van der Waals surface area contributed by atoms with E-state index in [1.165, 1.54) is 5.56 Å². The molecule has 0 saturated heterocycles. The molecule has 3 rings (SSSR count). The molecule has 0 unspecified atom stereocenters. The van der Waals surface area contributed by atoms with Crippen LogP contribution in [0.1, 0.15) is 0 Å². The molecule has 0 spiro atoms. The molecule has 0 amide bonds. The van der Waals surface area contributed by atoms with E-state index in [1.807, 2.05) is 24.3 Å². The minimum atomic E-state index is 0.771. The van der Waals surface area contributed by atoms with Gasteiger partial charge in [-0.3, -0.25) is 0 Å². The molecule has 0 fully saturated rings. The molecule has 2 N–H and O–H groups in total. The fourth-order valence-corrected chi connectivity index (χ4v) is 3.16. The van der Waals surface area contributed by atoms with E-state index < -0.39 is 0 Å². The van der Waals surface area contributed by atoms with Gasteiger partial charge in [-0.1, -0.05) is 12.1 Å². The second kappa shape index (κ2) is 4.31. The highest BCUT2D eigenvalue weighted by Gasteiger charge is 2.06. The third-order valence-corrected chi connectivity index (χ3v) is 4.03. The van der Waals surface area contributed by atoms with Crippen LogP contribution < -0.4 is 5.73 Å². The van der Waals surface area contributed by atoms with Gasteiger partial charge >= 0.3 is 0 Å². The first-order valence-corrected chi connectivity index (χ1v) is 6.99. The summed E-state index contributed by atoms with van der Waals surface area (Å²) in [7, 11) is 0. The fourth-order valence-electron chi connectivity index (χ4n) is 1.62. The maximum atomic E-state index is 5.77. The number of nitrogens with zero attached hydrogens (tertiary/aromatic N) is 1. The lowest BCUT2D eigenvalue weighted by Crippen LogP contribution is -1.85. The van der Waals surface area contributed by atoms with Crippen LogP contribution in [-0.2, 0) is 0 Å². The van der Waals surface area contributed by atoms with Crippen molar-refractivity contribution in [3.63, 3.8) is 0 Å². The first kappa shape index (κ1) is 10.5. The number of nitrogen functional groups attached to an aromatic ring is 1. The normalized spacial score (nSPS) is 10.6. The van der Waals surface area contributed by atoms with Crippen LogP contribution in [0, 0.1) is 0 Å². The van der Waals surface area contributed by atoms with Gasteiger partial charge in [0.1, 0.15) is 5.01 Å². The van der Waals surface area contributed by atoms with Crippen LogP contribution in [0.3, 0.4) is 0 Å². The summed E-state index contributed by atoms with van der Waals surface area (Å²) >= 11 is 3.35. The van der Waals surface area contributed by atoms with E-state index in [4.69, 9.17) is 5.73 Å². The molecule has 0 bridgehead atoms. The summed E-state index contributed by atoms with van der Waals surface area (Å²) in [4.78, 5) is 4.63. The van der Waals surface area contributed by atoms with Crippen molar-refractivity contribution in [3.8, 4) is 21.8 Å². The first-order chi connectivity index (χ1) is 8.33. The molecule has 0 aliphatic carbocycles. The zero-order valence-electron chi connectivity index (χ0n) is 8.96. The van der Waals surface area contributed by atoms with Gasteiger partial charge in [-0.25, -0.2) is 4.98 Å². The van der Waals surface area contributed by atoms with Gasteiger partial charge in [0.05, 0.1) is 5.69 Å². The van der Waals surface area contributed by atoms with E-state index in [2.05, 4.69) is 27.2 Å². The molecule has 0 radical (unpaired) electrons. The number of hydrogen-bond donors (Lipinski definition) is 1. The summed E-state index contributed by atoms with van der Waals surface area (Å²) in [6.45, 7) is 0. The predicted octanol–water partition coefficient (Wildman–Crippen LogP) is 4.12. The van der Waals surface area contributed by atoms with Crippen LogP contribution in [0.5, 0.6) is 0 Å². The number of aromatic nitrogens is 1. The van der Waals surface area contributed by atoms with Gasteiger partial charge in [-0.15, -0.1) is 11.3 Å². The van der Waals surface area contributed by atoms with Crippen molar-refractivity contribution in [2.75, 3.05) is 5.73 Å². The van der Waals surface area contributed by atoms with Crippen LogP contribution >= 0.6 is 22.7 Å². The number of thiophene rings is 1. The van der Waals surface area contributed by atoms with E-state index in [-0.39, 0.29) is 0 Å². The average Bonchev–Trinajstić information content (AvgIpc) is 3.00. The smallest absolute Gasteiger partial charge is 0.124 e. The standard InChI is InChI=1S/C13H10N2S2/c14-11-3-1-2-9(6-11)12-8-17-13(15-12)10-4-5-16-7-10/h1-8H,14H2. The SMILES string of the molecule is Nc1cccc(-c2csc(-c3ccsc3)n2)c1. The van der Waals surface area contributed by atoms with Gasteiger partial charge in [0.25, 0.3) is 0 Å². The molecule has 4 heteroatoms. The Hall–Kier alpha value is -1.65. The van der Waals surface area contributed by atoms with Crippen molar-refractivity contribution in [2.45, 2.75) is 0 Å². The molecule has 84 valence electrons. The Morgan fingerprint density at radius 3 is 2.76 bits per heavy atom. The second-order valence-corrected chi connectivity index (χ2v) is 5.31. The van der Waals surface area contributed by atoms with Gasteiger partial charge in [0, 0.05) is 27.6 Å². The van der Waals surface area contributed by atoms with Crippen molar-refractivity contribution in [3.05, 3.63) is 46.5 Å². The molecule has 0 saturated carbocycles. The molecule has 17 heavy (non-hydrogen) atoms. The summed E-state index contributed by atoms with van der Waals surface area (Å²) < 4.78 is 0. The number of thiazole rings is 1. The molecular formula is C13H10N2S2. The molecule has 3 aromatic rings. The highest BCUT2D eigenvalue weighted by Crippen LogP contribution is 2.30. The van der Waals surface area contributed by atoms with E-state index in [9.17, 15) is 0 Å². The van der Waals surface area contributed by atoms with Gasteiger partial charge in [0.15, 0.2) is 0 Å². The molecule has 0 aliphatic heterocycles. The van der Waals surface area contributed by atoms with Crippen molar-refractivity contribution in [2.24, 2.45) is 0 Å². The Kier molecular flexibility index (Phi) is 2.66.